The molecule has 2 aromatic rings. The fraction of sp³-hybridized carbons (Fsp3) is 0.133. The van der Waals surface area contributed by atoms with Gasteiger partial charge in [-0.3, -0.25) is 4.79 Å². The van der Waals surface area contributed by atoms with Crippen LogP contribution in [0.3, 0.4) is 0 Å². The summed E-state index contributed by atoms with van der Waals surface area (Å²) in [5.74, 6) is -0.955. The molecule has 0 fully saturated rings. The van der Waals surface area contributed by atoms with Crippen LogP contribution >= 0.6 is 15.9 Å². The standard InChI is InChI=1S/C15H13BrFNO2/c1-9(11-4-2-3-5-13(11)17)18-15(20)12-7-6-10(16)8-14(12)19/h2-9,19H,1H3,(H,18,20). The van der Waals surface area contributed by atoms with Gasteiger partial charge in [0.1, 0.15) is 11.6 Å². The first-order valence-corrected chi connectivity index (χ1v) is 6.82. The van der Waals surface area contributed by atoms with Gasteiger partial charge in [-0.15, -0.1) is 0 Å². The van der Waals surface area contributed by atoms with Gasteiger partial charge >= 0.3 is 0 Å². The lowest BCUT2D eigenvalue weighted by molar-refractivity contribution is 0.0936. The highest BCUT2D eigenvalue weighted by molar-refractivity contribution is 9.10. The molecule has 0 saturated carbocycles. The lowest BCUT2D eigenvalue weighted by Crippen LogP contribution is -2.27. The number of nitrogens with one attached hydrogen (secondary N) is 1. The average molecular weight is 338 g/mol. The van der Waals surface area contributed by atoms with Crippen LogP contribution in [0.25, 0.3) is 0 Å². The highest BCUT2D eigenvalue weighted by atomic mass is 79.9. The van der Waals surface area contributed by atoms with E-state index in [0.29, 0.717) is 10.0 Å². The Morgan fingerprint density at radius 2 is 2.00 bits per heavy atom. The average Bonchev–Trinajstić information content (AvgIpc) is 2.38. The molecule has 1 unspecified atom stereocenters. The fourth-order valence-corrected chi connectivity index (χ4v) is 2.22. The number of carbonyl (C=O) groups excluding carboxylic acids is 1. The van der Waals surface area contributed by atoms with E-state index < -0.39 is 11.9 Å². The minimum absolute atomic E-state index is 0.127. The number of hydrogen-bond acceptors (Lipinski definition) is 2. The largest absolute Gasteiger partial charge is 0.507 e. The van der Waals surface area contributed by atoms with Crippen molar-refractivity contribution in [3.05, 3.63) is 63.9 Å². The van der Waals surface area contributed by atoms with E-state index in [9.17, 15) is 14.3 Å². The van der Waals surface area contributed by atoms with Crippen LogP contribution in [-0.2, 0) is 0 Å². The van der Waals surface area contributed by atoms with Crippen LogP contribution in [0, 0.1) is 5.82 Å². The maximum absolute atomic E-state index is 13.6. The van der Waals surface area contributed by atoms with Gasteiger partial charge in [-0.1, -0.05) is 34.1 Å². The predicted molar refractivity (Wildman–Crippen MR) is 78.1 cm³/mol. The smallest absolute Gasteiger partial charge is 0.255 e. The molecule has 5 heteroatoms. The number of aromatic hydroxyl groups is 1. The van der Waals surface area contributed by atoms with E-state index in [1.807, 2.05) is 0 Å². The summed E-state index contributed by atoms with van der Waals surface area (Å²) in [5.41, 5.74) is 0.550. The van der Waals surface area contributed by atoms with Gasteiger partial charge in [0.2, 0.25) is 0 Å². The van der Waals surface area contributed by atoms with Gasteiger partial charge in [0.05, 0.1) is 11.6 Å². The highest BCUT2D eigenvalue weighted by Crippen LogP contribution is 2.23. The van der Waals surface area contributed by atoms with Crippen LogP contribution in [0.2, 0.25) is 0 Å². The molecule has 20 heavy (non-hydrogen) atoms. The molecule has 0 aliphatic heterocycles. The molecule has 2 N–H and O–H groups in total. The number of phenols is 1. The van der Waals surface area contributed by atoms with E-state index >= 15 is 0 Å². The van der Waals surface area contributed by atoms with Gasteiger partial charge in [-0.05, 0) is 31.2 Å². The first kappa shape index (κ1) is 14.5. The molecule has 2 aromatic carbocycles. The van der Waals surface area contributed by atoms with Gasteiger partial charge in [0.15, 0.2) is 0 Å². The summed E-state index contributed by atoms with van der Waals surface area (Å²) >= 11 is 3.20. The Balaban J connectivity index is 2.17. The molecule has 0 radical (unpaired) electrons. The Morgan fingerprint density at radius 1 is 1.30 bits per heavy atom. The summed E-state index contributed by atoms with van der Waals surface area (Å²) in [6.45, 7) is 1.69. The van der Waals surface area contributed by atoms with Crippen molar-refractivity contribution in [3.63, 3.8) is 0 Å². The number of benzene rings is 2. The molecule has 2 rings (SSSR count). The van der Waals surface area contributed by atoms with Crippen LogP contribution in [0.15, 0.2) is 46.9 Å². The predicted octanol–water partition coefficient (Wildman–Crippen LogP) is 3.78. The van der Waals surface area contributed by atoms with E-state index in [4.69, 9.17) is 0 Å². The lowest BCUT2D eigenvalue weighted by Gasteiger charge is -2.15. The third-order valence-electron chi connectivity index (χ3n) is 2.92. The number of phenolic OH excluding ortho intramolecular Hbond substituents is 1. The van der Waals surface area contributed by atoms with Gasteiger partial charge < -0.3 is 10.4 Å². The number of hydrogen-bond donors (Lipinski definition) is 2. The molecule has 0 heterocycles. The molecular formula is C15H13BrFNO2. The van der Waals surface area contributed by atoms with Crippen molar-refractivity contribution in [2.24, 2.45) is 0 Å². The minimum Gasteiger partial charge on any atom is -0.507 e. The monoisotopic (exact) mass is 337 g/mol. The van der Waals surface area contributed by atoms with Crippen LogP contribution < -0.4 is 5.32 Å². The van der Waals surface area contributed by atoms with Gasteiger partial charge in [0, 0.05) is 10.0 Å². The van der Waals surface area contributed by atoms with Crippen LogP contribution in [-0.4, -0.2) is 11.0 Å². The zero-order chi connectivity index (χ0) is 14.7. The molecular weight excluding hydrogens is 325 g/mol. The Labute approximate surface area is 124 Å². The van der Waals surface area contributed by atoms with E-state index in [0.717, 1.165) is 0 Å². The lowest BCUT2D eigenvalue weighted by atomic mass is 10.1. The molecule has 0 aliphatic carbocycles. The van der Waals surface area contributed by atoms with Crippen molar-refractivity contribution in [1.29, 1.82) is 0 Å². The summed E-state index contributed by atoms with van der Waals surface area (Å²) < 4.78 is 14.3. The molecule has 0 aliphatic rings. The molecule has 0 aromatic heterocycles. The summed E-state index contributed by atoms with van der Waals surface area (Å²) in [7, 11) is 0. The van der Waals surface area contributed by atoms with Crippen molar-refractivity contribution in [3.8, 4) is 5.75 Å². The number of amides is 1. The Kier molecular flexibility index (Phi) is 4.39. The maximum atomic E-state index is 13.6. The summed E-state index contributed by atoms with van der Waals surface area (Å²) in [6, 6.07) is 10.4. The maximum Gasteiger partial charge on any atom is 0.255 e. The first-order chi connectivity index (χ1) is 9.49. The Bertz CT molecular complexity index is 646. The Hall–Kier alpha value is -1.88. The van der Waals surface area contributed by atoms with Crippen molar-refractivity contribution >= 4 is 21.8 Å². The molecule has 0 bridgehead atoms. The van der Waals surface area contributed by atoms with Crippen molar-refractivity contribution < 1.29 is 14.3 Å². The molecule has 3 nitrogen and oxygen atoms in total. The van der Waals surface area contributed by atoms with Crippen molar-refractivity contribution in [2.45, 2.75) is 13.0 Å². The van der Waals surface area contributed by atoms with Crippen LogP contribution in [0.4, 0.5) is 4.39 Å². The van der Waals surface area contributed by atoms with Crippen molar-refractivity contribution in [2.75, 3.05) is 0 Å². The molecule has 1 atom stereocenters. The second-order valence-electron chi connectivity index (χ2n) is 4.38. The third-order valence-corrected chi connectivity index (χ3v) is 3.42. The van der Waals surface area contributed by atoms with E-state index in [2.05, 4.69) is 21.2 Å². The molecule has 104 valence electrons. The summed E-state index contributed by atoms with van der Waals surface area (Å²) in [4.78, 5) is 12.1. The van der Waals surface area contributed by atoms with Crippen LogP contribution in [0.1, 0.15) is 28.9 Å². The summed E-state index contributed by atoms with van der Waals surface area (Å²) in [6.07, 6.45) is 0. The van der Waals surface area contributed by atoms with Crippen molar-refractivity contribution in [1.82, 2.24) is 5.32 Å². The number of carbonyl (C=O) groups is 1. The molecule has 0 saturated heterocycles. The van der Waals surface area contributed by atoms with E-state index in [-0.39, 0.29) is 17.1 Å². The number of rotatable bonds is 3. The van der Waals surface area contributed by atoms with Gasteiger partial charge in [0.25, 0.3) is 5.91 Å². The Morgan fingerprint density at radius 3 is 2.65 bits per heavy atom. The number of halogens is 2. The highest BCUT2D eigenvalue weighted by Gasteiger charge is 2.16. The second-order valence-corrected chi connectivity index (χ2v) is 5.29. The SMILES string of the molecule is CC(NC(=O)c1ccc(Br)cc1O)c1ccccc1F. The minimum atomic E-state index is -0.494. The second kappa shape index (κ2) is 6.05. The van der Waals surface area contributed by atoms with E-state index in [1.54, 1.807) is 31.2 Å². The first-order valence-electron chi connectivity index (χ1n) is 6.03. The quantitative estimate of drug-likeness (QED) is 0.895. The van der Waals surface area contributed by atoms with Crippen LogP contribution in [0.5, 0.6) is 5.75 Å². The fourth-order valence-electron chi connectivity index (χ4n) is 1.88. The zero-order valence-corrected chi connectivity index (χ0v) is 12.3. The normalized spacial score (nSPS) is 11.9. The molecule has 1 amide bonds. The van der Waals surface area contributed by atoms with Gasteiger partial charge in [-0.2, -0.15) is 0 Å². The third kappa shape index (κ3) is 3.17. The summed E-state index contributed by atoms with van der Waals surface area (Å²) in [5, 5.41) is 12.4. The van der Waals surface area contributed by atoms with E-state index in [1.165, 1.54) is 18.2 Å². The zero-order valence-electron chi connectivity index (χ0n) is 10.7. The van der Waals surface area contributed by atoms with Gasteiger partial charge in [-0.25, -0.2) is 4.39 Å². The topological polar surface area (TPSA) is 49.3 Å². The molecule has 0 spiro atoms.